The van der Waals surface area contributed by atoms with E-state index < -0.39 is 5.97 Å². The summed E-state index contributed by atoms with van der Waals surface area (Å²) in [6.45, 7) is 5.73. The van der Waals surface area contributed by atoms with E-state index in [0.29, 0.717) is 17.8 Å². The summed E-state index contributed by atoms with van der Waals surface area (Å²) in [5.41, 5.74) is 5.10. The van der Waals surface area contributed by atoms with Crippen LogP contribution in [0.4, 0.5) is 5.69 Å². The van der Waals surface area contributed by atoms with Crippen LogP contribution in [-0.4, -0.2) is 38.5 Å². The topological polar surface area (TPSA) is 91.0 Å². The lowest BCUT2D eigenvalue weighted by Crippen LogP contribution is -2.16. The minimum atomic E-state index is -0.583. The number of esters is 1. The van der Waals surface area contributed by atoms with Gasteiger partial charge in [0.2, 0.25) is 5.91 Å². The summed E-state index contributed by atoms with van der Waals surface area (Å²) >= 11 is 0. The number of hydrogen-bond donors (Lipinski definition) is 1. The molecule has 0 radical (unpaired) electrons. The number of ether oxygens (including phenoxy) is 1. The Morgan fingerprint density at radius 3 is 2.41 bits per heavy atom. The highest BCUT2D eigenvalue weighted by molar-refractivity contribution is 6.00. The molecule has 0 bridgehead atoms. The summed E-state index contributed by atoms with van der Waals surface area (Å²) in [6, 6.07) is 9.89. The lowest BCUT2D eigenvalue weighted by molar-refractivity contribution is -0.116. The highest BCUT2D eigenvalue weighted by Gasteiger charge is 2.22. The predicted molar refractivity (Wildman–Crippen MR) is 109 cm³/mol. The first kappa shape index (κ1) is 20.3. The number of carbonyl (C=O) groups is 2. The number of carbonyl (C=O) groups excluding carboxylic acids is 2. The highest BCUT2D eigenvalue weighted by atomic mass is 16.5. The lowest BCUT2D eigenvalue weighted by atomic mass is 10.1. The van der Waals surface area contributed by atoms with Crippen molar-refractivity contribution >= 4 is 17.6 Å². The van der Waals surface area contributed by atoms with E-state index in [2.05, 4.69) is 15.5 Å². The molecule has 0 spiro atoms. The van der Waals surface area contributed by atoms with Crippen LogP contribution in [-0.2, 0) is 23.0 Å². The zero-order valence-corrected chi connectivity index (χ0v) is 17.3. The fourth-order valence-electron chi connectivity index (χ4n) is 3.30. The second kappa shape index (κ2) is 8.30. The molecule has 2 heterocycles. The number of methoxy groups -OCH3 is 1. The van der Waals surface area contributed by atoms with Crippen molar-refractivity contribution in [1.29, 1.82) is 0 Å². The zero-order chi connectivity index (χ0) is 21.1. The maximum atomic E-state index is 12.6. The average Bonchev–Trinajstić information content (AvgIpc) is 3.16. The van der Waals surface area contributed by atoms with Crippen LogP contribution >= 0.6 is 0 Å². The van der Waals surface area contributed by atoms with Crippen LogP contribution in [0.5, 0.6) is 0 Å². The van der Waals surface area contributed by atoms with Gasteiger partial charge in [-0.2, -0.15) is 10.2 Å². The quantitative estimate of drug-likeness (QED) is 0.648. The summed E-state index contributed by atoms with van der Waals surface area (Å²) in [5.74, 6) is -0.780. The Morgan fingerprint density at radius 1 is 1.07 bits per heavy atom. The summed E-state index contributed by atoms with van der Waals surface area (Å²) < 4.78 is 8.19. The van der Waals surface area contributed by atoms with Crippen LogP contribution in [0.1, 0.15) is 39.6 Å². The molecule has 2 aromatic heterocycles. The molecule has 0 aliphatic heterocycles. The largest absolute Gasteiger partial charge is 0.464 e. The Kier molecular flexibility index (Phi) is 5.81. The van der Waals surface area contributed by atoms with Gasteiger partial charge in [-0.3, -0.25) is 9.48 Å². The third kappa shape index (κ3) is 4.06. The number of amides is 1. The molecular formula is C21H25N5O3. The van der Waals surface area contributed by atoms with Gasteiger partial charge in [-0.1, -0.05) is 18.2 Å². The third-order valence-electron chi connectivity index (χ3n) is 5.02. The number of aromatic nitrogens is 4. The lowest BCUT2D eigenvalue weighted by Gasteiger charge is -2.07. The third-order valence-corrected chi connectivity index (χ3v) is 5.02. The second-order valence-electron chi connectivity index (χ2n) is 6.87. The van der Waals surface area contributed by atoms with E-state index in [-0.39, 0.29) is 18.0 Å². The van der Waals surface area contributed by atoms with Gasteiger partial charge in [0.15, 0.2) is 5.69 Å². The van der Waals surface area contributed by atoms with Crippen molar-refractivity contribution in [1.82, 2.24) is 19.6 Å². The number of anilines is 1. The van der Waals surface area contributed by atoms with E-state index in [9.17, 15) is 9.59 Å². The molecule has 0 aliphatic rings. The summed E-state index contributed by atoms with van der Waals surface area (Å²) in [4.78, 5) is 24.5. The Bertz CT molecular complexity index is 1050. The molecule has 152 valence electrons. The van der Waals surface area contributed by atoms with Crippen molar-refractivity contribution in [2.75, 3.05) is 12.4 Å². The number of rotatable bonds is 6. The monoisotopic (exact) mass is 395 g/mol. The molecule has 1 amide bonds. The number of hydrogen-bond acceptors (Lipinski definition) is 5. The van der Waals surface area contributed by atoms with Gasteiger partial charge in [0.1, 0.15) is 0 Å². The molecule has 0 saturated carbocycles. The van der Waals surface area contributed by atoms with Crippen LogP contribution in [0, 0.1) is 20.8 Å². The molecule has 0 atom stereocenters. The van der Waals surface area contributed by atoms with Crippen LogP contribution in [0.25, 0.3) is 5.69 Å². The molecule has 0 fully saturated rings. The van der Waals surface area contributed by atoms with Gasteiger partial charge in [-0.05, 0) is 44.9 Å². The average molecular weight is 395 g/mol. The van der Waals surface area contributed by atoms with E-state index in [4.69, 9.17) is 4.74 Å². The smallest absolute Gasteiger partial charge is 0.360 e. The maximum absolute atomic E-state index is 12.6. The van der Waals surface area contributed by atoms with Crippen LogP contribution in [0.15, 0.2) is 30.3 Å². The number of nitrogens with one attached hydrogen (secondary N) is 1. The molecular weight excluding hydrogens is 370 g/mol. The van der Waals surface area contributed by atoms with Crippen molar-refractivity contribution in [2.24, 2.45) is 7.05 Å². The second-order valence-corrected chi connectivity index (χ2v) is 6.87. The molecule has 0 aliphatic carbocycles. The highest BCUT2D eigenvalue weighted by Crippen LogP contribution is 2.22. The first-order valence-electron chi connectivity index (χ1n) is 9.35. The summed E-state index contributed by atoms with van der Waals surface area (Å²) in [6.07, 6.45) is 0.806. The van der Waals surface area contributed by atoms with Gasteiger partial charge in [0.05, 0.1) is 29.9 Å². The van der Waals surface area contributed by atoms with Crippen molar-refractivity contribution in [3.63, 3.8) is 0 Å². The Morgan fingerprint density at radius 2 is 1.76 bits per heavy atom. The molecule has 0 unspecified atom stereocenters. The predicted octanol–water partition coefficient (Wildman–Crippen LogP) is 2.89. The van der Waals surface area contributed by atoms with Crippen LogP contribution in [0.3, 0.4) is 0 Å². The summed E-state index contributed by atoms with van der Waals surface area (Å²) in [5, 5.41) is 11.6. The van der Waals surface area contributed by atoms with Crippen molar-refractivity contribution in [2.45, 2.75) is 33.6 Å². The number of para-hydroxylation sites is 1. The van der Waals surface area contributed by atoms with Gasteiger partial charge in [-0.15, -0.1) is 0 Å². The number of benzene rings is 1. The molecule has 1 N–H and O–H groups in total. The normalized spacial score (nSPS) is 10.8. The van der Waals surface area contributed by atoms with Gasteiger partial charge in [-0.25, -0.2) is 9.48 Å². The molecule has 1 aromatic carbocycles. The van der Waals surface area contributed by atoms with Crippen molar-refractivity contribution in [3.05, 3.63) is 58.7 Å². The van der Waals surface area contributed by atoms with E-state index in [1.54, 1.807) is 18.7 Å². The van der Waals surface area contributed by atoms with E-state index >= 15 is 0 Å². The Balaban J connectivity index is 1.74. The van der Waals surface area contributed by atoms with Crippen molar-refractivity contribution in [3.8, 4) is 5.69 Å². The molecule has 8 nitrogen and oxygen atoms in total. The van der Waals surface area contributed by atoms with Gasteiger partial charge in [0.25, 0.3) is 0 Å². The van der Waals surface area contributed by atoms with E-state index in [1.807, 2.05) is 48.9 Å². The molecule has 29 heavy (non-hydrogen) atoms. The fourth-order valence-corrected chi connectivity index (χ4v) is 3.30. The number of nitrogens with zero attached hydrogens (tertiary/aromatic N) is 4. The minimum Gasteiger partial charge on any atom is -0.464 e. The Labute approximate surface area is 169 Å². The van der Waals surface area contributed by atoms with E-state index in [1.165, 1.54) is 7.11 Å². The molecule has 0 saturated heterocycles. The van der Waals surface area contributed by atoms with Crippen LogP contribution in [0.2, 0.25) is 0 Å². The molecule has 8 heteroatoms. The SMILES string of the molecule is COC(=O)c1nn(C)c(C)c1NC(=O)CCc1c(C)nn(-c2ccccc2)c1C. The standard InChI is InChI=1S/C21H25N5O3/c1-13-17(14(2)26(23-13)16-9-7-6-8-10-16)11-12-18(27)22-19-15(3)25(4)24-20(19)21(28)29-5/h6-10H,11-12H2,1-5H3,(H,22,27). The minimum absolute atomic E-state index is 0.102. The van der Waals surface area contributed by atoms with E-state index in [0.717, 1.165) is 22.6 Å². The fraction of sp³-hybridized carbons (Fsp3) is 0.333. The van der Waals surface area contributed by atoms with Gasteiger partial charge in [0, 0.05) is 19.2 Å². The molecule has 3 aromatic rings. The van der Waals surface area contributed by atoms with Crippen molar-refractivity contribution < 1.29 is 14.3 Å². The maximum Gasteiger partial charge on any atom is 0.360 e. The summed E-state index contributed by atoms with van der Waals surface area (Å²) in [7, 11) is 3.00. The number of aryl methyl sites for hydroxylation is 2. The first-order chi connectivity index (χ1) is 13.8. The zero-order valence-electron chi connectivity index (χ0n) is 17.3. The molecule has 3 rings (SSSR count). The van der Waals surface area contributed by atoms with Crippen LogP contribution < -0.4 is 5.32 Å². The van der Waals surface area contributed by atoms with Gasteiger partial charge < -0.3 is 10.1 Å². The Hall–Kier alpha value is -3.42. The first-order valence-corrected chi connectivity index (χ1v) is 9.35. The van der Waals surface area contributed by atoms with Gasteiger partial charge >= 0.3 is 5.97 Å².